The smallest absolute Gasteiger partial charge is 0.275 e. The molecule has 2 aliphatic rings. The van der Waals surface area contributed by atoms with Crippen LogP contribution in [-0.4, -0.2) is 44.9 Å². The van der Waals surface area contributed by atoms with Crippen molar-refractivity contribution < 1.29 is 18.7 Å². The SMILES string of the molecule is N#Cc1ccc(N2CCC(Sc3ccc(COc4cccc5c(=O)n([C@H]6CCC(=O)NC6=O)[nH]c45)cn3)CC2)c(F)c1. The standard InChI is InChI=1S/C30H27FN6O4S/c31-22-14-18(15-32)4-6-23(22)36-12-10-20(11-13-36)42-27-9-5-19(16-33-27)17-41-25-3-1-2-21-28(25)35-37(30(21)40)24-7-8-26(38)34-29(24)39/h1-6,9,14,16,20,24,35H,7-8,10-13,17H2,(H,34,38,39)/t24-/m0/s1. The number of nitrogens with one attached hydrogen (secondary N) is 2. The number of anilines is 1. The van der Waals surface area contributed by atoms with E-state index in [0.29, 0.717) is 33.2 Å². The first kappa shape index (κ1) is 27.5. The van der Waals surface area contributed by atoms with Crippen LogP contribution >= 0.6 is 11.8 Å². The average Bonchev–Trinajstić information content (AvgIpc) is 3.33. The number of carbonyl (C=O) groups excluding carboxylic acids is 2. The minimum atomic E-state index is -0.783. The van der Waals surface area contributed by atoms with Gasteiger partial charge in [0, 0.05) is 36.5 Å². The van der Waals surface area contributed by atoms with Crippen LogP contribution in [0.2, 0.25) is 0 Å². The Balaban J connectivity index is 1.06. The predicted octanol–water partition coefficient (Wildman–Crippen LogP) is 4.05. The second kappa shape index (κ2) is 11.7. The lowest BCUT2D eigenvalue weighted by Gasteiger charge is -2.33. The van der Waals surface area contributed by atoms with Gasteiger partial charge in [0.2, 0.25) is 5.91 Å². The number of pyridine rings is 1. The van der Waals surface area contributed by atoms with Gasteiger partial charge in [-0.2, -0.15) is 5.26 Å². The molecule has 2 aromatic heterocycles. The van der Waals surface area contributed by atoms with Gasteiger partial charge in [-0.15, -0.1) is 11.8 Å². The van der Waals surface area contributed by atoms with Crippen LogP contribution in [0.15, 0.2) is 64.5 Å². The van der Waals surface area contributed by atoms with Gasteiger partial charge in [-0.1, -0.05) is 12.1 Å². The molecule has 214 valence electrons. The van der Waals surface area contributed by atoms with Crippen LogP contribution in [0.5, 0.6) is 5.75 Å². The number of amides is 2. The van der Waals surface area contributed by atoms with E-state index in [-0.39, 0.29) is 36.7 Å². The molecule has 10 nitrogen and oxygen atoms in total. The summed E-state index contributed by atoms with van der Waals surface area (Å²) in [6.07, 6.45) is 3.95. The zero-order chi connectivity index (χ0) is 29.2. The molecule has 0 unspecified atom stereocenters. The molecule has 6 rings (SSSR count). The van der Waals surface area contributed by atoms with E-state index in [1.165, 1.54) is 10.7 Å². The molecule has 2 aliphatic heterocycles. The summed E-state index contributed by atoms with van der Waals surface area (Å²) >= 11 is 1.70. The van der Waals surface area contributed by atoms with Crippen LogP contribution in [-0.2, 0) is 16.2 Å². The maximum atomic E-state index is 14.4. The number of piperidine rings is 2. The van der Waals surface area contributed by atoms with Crippen LogP contribution in [0.4, 0.5) is 10.1 Å². The van der Waals surface area contributed by atoms with Gasteiger partial charge in [0.15, 0.2) is 0 Å². The van der Waals surface area contributed by atoms with E-state index in [1.54, 1.807) is 48.3 Å². The number of rotatable bonds is 7. The van der Waals surface area contributed by atoms with Crippen molar-refractivity contribution >= 4 is 40.2 Å². The first-order valence-corrected chi connectivity index (χ1v) is 14.5. The third-order valence-corrected chi connectivity index (χ3v) is 8.86. The topological polar surface area (TPSA) is 133 Å². The fraction of sp³-hybridized carbons (Fsp3) is 0.300. The first-order valence-electron chi connectivity index (χ1n) is 13.7. The summed E-state index contributed by atoms with van der Waals surface area (Å²) in [6.45, 7) is 1.69. The molecule has 0 radical (unpaired) electrons. The number of thioether (sulfide) groups is 1. The Kier molecular flexibility index (Phi) is 7.67. The molecule has 42 heavy (non-hydrogen) atoms. The van der Waals surface area contributed by atoms with Crippen molar-refractivity contribution in [3.63, 3.8) is 0 Å². The second-order valence-corrected chi connectivity index (χ2v) is 11.6. The number of H-pyrrole nitrogens is 1. The molecule has 0 saturated carbocycles. The fourth-order valence-electron chi connectivity index (χ4n) is 5.34. The zero-order valence-electron chi connectivity index (χ0n) is 22.5. The number of imide groups is 1. The van der Waals surface area contributed by atoms with E-state index < -0.39 is 11.9 Å². The van der Waals surface area contributed by atoms with Crippen molar-refractivity contribution in [2.24, 2.45) is 0 Å². The molecule has 4 heterocycles. The van der Waals surface area contributed by atoms with Crippen LogP contribution in [0.25, 0.3) is 10.9 Å². The number of aromatic nitrogens is 3. The van der Waals surface area contributed by atoms with Gasteiger partial charge in [-0.05, 0) is 55.7 Å². The van der Waals surface area contributed by atoms with Gasteiger partial charge in [0.25, 0.3) is 11.5 Å². The van der Waals surface area contributed by atoms with Crippen molar-refractivity contribution in [2.45, 2.75) is 48.6 Å². The summed E-state index contributed by atoms with van der Waals surface area (Å²) in [6, 6.07) is 14.8. The number of nitrogens with zero attached hydrogens (tertiary/aromatic N) is 4. The number of nitriles is 1. The molecule has 2 fully saturated rings. The molecule has 2 amide bonds. The number of hydrogen-bond acceptors (Lipinski definition) is 8. The molecule has 0 aliphatic carbocycles. The van der Waals surface area contributed by atoms with Crippen molar-refractivity contribution in [1.29, 1.82) is 5.26 Å². The number of carbonyl (C=O) groups is 2. The zero-order valence-corrected chi connectivity index (χ0v) is 23.3. The lowest BCUT2D eigenvalue weighted by atomic mass is 10.1. The number of halogens is 1. The van der Waals surface area contributed by atoms with Crippen molar-refractivity contribution in [3.05, 3.63) is 82.0 Å². The Bertz CT molecular complexity index is 1750. The molecule has 1 atom stereocenters. The first-order chi connectivity index (χ1) is 20.4. The number of para-hydroxylation sites is 1. The van der Waals surface area contributed by atoms with Crippen molar-refractivity contribution in [3.8, 4) is 11.8 Å². The number of hydrogen-bond donors (Lipinski definition) is 2. The summed E-state index contributed by atoms with van der Waals surface area (Å²) in [5.74, 6) is -0.741. The van der Waals surface area contributed by atoms with E-state index >= 15 is 0 Å². The van der Waals surface area contributed by atoms with Crippen LogP contribution < -0.4 is 20.5 Å². The molecule has 2 aromatic carbocycles. The van der Waals surface area contributed by atoms with Crippen LogP contribution in [0.3, 0.4) is 0 Å². The van der Waals surface area contributed by atoms with Crippen LogP contribution in [0.1, 0.15) is 42.9 Å². The van der Waals surface area contributed by atoms with Gasteiger partial charge in [0.1, 0.15) is 29.7 Å². The van der Waals surface area contributed by atoms with E-state index in [0.717, 1.165) is 36.5 Å². The van der Waals surface area contributed by atoms with Gasteiger partial charge in [0.05, 0.1) is 27.7 Å². The van der Waals surface area contributed by atoms with Gasteiger partial charge < -0.3 is 9.64 Å². The van der Waals surface area contributed by atoms with Crippen LogP contribution in [0, 0.1) is 17.1 Å². The molecule has 4 aromatic rings. The van der Waals surface area contributed by atoms with E-state index in [9.17, 15) is 18.8 Å². The highest BCUT2D eigenvalue weighted by molar-refractivity contribution is 7.99. The lowest BCUT2D eigenvalue weighted by Crippen LogP contribution is -2.44. The van der Waals surface area contributed by atoms with Gasteiger partial charge >= 0.3 is 0 Å². The molecule has 12 heteroatoms. The van der Waals surface area contributed by atoms with E-state index in [2.05, 4.69) is 15.4 Å². The molecule has 2 N–H and O–H groups in total. The summed E-state index contributed by atoms with van der Waals surface area (Å²) < 4.78 is 21.7. The normalized spacial score (nSPS) is 17.7. The molecule has 0 bridgehead atoms. The third-order valence-electron chi connectivity index (χ3n) is 7.57. The van der Waals surface area contributed by atoms with E-state index in [4.69, 9.17) is 10.00 Å². The molecule has 0 spiro atoms. The Labute approximate surface area is 244 Å². The second-order valence-electron chi connectivity index (χ2n) is 10.3. The highest BCUT2D eigenvalue weighted by atomic mass is 32.2. The Hall–Kier alpha value is -4.63. The monoisotopic (exact) mass is 586 g/mol. The van der Waals surface area contributed by atoms with Gasteiger partial charge in [-0.3, -0.25) is 24.8 Å². The maximum Gasteiger partial charge on any atom is 0.275 e. The summed E-state index contributed by atoms with van der Waals surface area (Å²) in [5, 5.41) is 15.9. The molecule has 2 saturated heterocycles. The highest BCUT2D eigenvalue weighted by Gasteiger charge is 2.30. The molecular weight excluding hydrogens is 559 g/mol. The minimum Gasteiger partial charge on any atom is -0.487 e. The van der Waals surface area contributed by atoms with Gasteiger partial charge in [-0.25, -0.2) is 14.1 Å². The quantitative estimate of drug-likeness (QED) is 0.310. The Morgan fingerprint density at radius 3 is 2.64 bits per heavy atom. The number of fused-ring (bicyclic) bond motifs is 1. The third kappa shape index (κ3) is 5.60. The number of aromatic amines is 1. The Morgan fingerprint density at radius 2 is 1.93 bits per heavy atom. The van der Waals surface area contributed by atoms with Crippen molar-refractivity contribution in [2.75, 3.05) is 18.0 Å². The number of benzene rings is 2. The average molecular weight is 587 g/mol. The minimum absolute atomic E-state index is 0.167. The fourth-order valence-corrected chi connectivity index (χ4v) is 6.39. The molecular formula is C30H27FN6O4S. The maximum absolute atomic E-state index is 14.4. The lowest BCUT2D eigenvalue weighted by molar-refractivity contribution is -0.136. The predicted molar refractivity (Wildman–Crippen MR) is 155 cm³/mol. The Morgan fingerprint density at radius 1 is 1.10 bits per heavy atom. The number of ether oxygens (including phenoxy) is 1. The largest absolute Gasteiger partial charge is 0.487 e. The highest BCUT2D eigenvalue weighted by Crippen LogP contribution is 2.32. The summed E-state index contributed by atoms with van der Waals surface area (Å²) in [5.41, 5.74) is 1.85. The summed E-state index contributed by atoms with van der Waals surface area (Å²) in [4.78, 5) is 43.4. The summed E-state index contributed by atoms with van der Waals surface area (Å²) in [7, 11) is 0. The van der Waals surface area contributed by atoms with Crippen molar-refractivity contribution in [1.82, 2.24) is 20.1 Å². The van der Waals surface area contributed by atoms with E-state index in [1.807, 2.05) is 23.1 Å².